The second-order valence-electron chi connectivity index (χ2n) is 7.28. The van der Waals surface area contributed by atoms with Crippen molar-refractivity contribution in [2.75, 3.05) is 37.4 Å². The van der Waals surface area contributed by atoms with Crippen LogP contribution < -0.4 is 16.0 Å². The summed E-state index contributed by atoms with van der Waals surface area (Å²) in [6, 6.07) is 8.59. The molecule has 1 saturated heterocycles. The smallest absolute Gasteiger partial charge is 0.267 e. The maximum absolute atomic E-state index is 12.7. The summed E-state index contributed by atoms with van der Waals surface area (Å²) in [7, 11) is 4.25. The zero-order valence-corrected chi connectivity index (χ0v) is 18.2. The van der Waals surface area contributed by atoms with Gasteiger partial charge in [-0.2, -0.15) is 0 Å². The largest absolute Gasteiger partial charge is 0.395 e. The molecule has 1 aromatic heterocycles. The molecule has 1 aromatic carbocycles. The summed E-state index contributed by atoms with van der Waals surface area (Å²) < 4.78 is 0. The number of nitrogens with zero attached hydrogens (tertiary/aromatic N) is 4. The highest BCUT2D eigenvalue weighted by Crippen LogP contribution is 2.26. The molecule has 7 nitrogen and oxygen atoms in total. The van der Waals surface area contributed by atoms with E-state index in [0.29, 0.717) is 27.3 Å². The van der Waals surface area contributed by atoms with Crippen molar-refractivity contribution in [3.8, 4) is 0 Å². The highest BCUT2D eigenvalue weighted by Gasteiger charge is 2.24. The Morgan fingerprint density at radius 2 is 2.10 bits per heavy atom. The number of aliphatic imine (C=N–C) groups is 1. The van der Waals surface area contributed by atoms with Gasteiger partial charge in [-0.05, 0) is 58.6 Å². The van der Waals surface area contributed by atoms with Crippen LogP contribution in [0.4, 0.5) is 11.4 Å². The predicted octanol–water partition coefficient (Wildman–Crippen LogP) is 3.19. The first-order chi connectivity index (χ1) is 13.9. The molecule has 0 aliphatic carbocycles. The van der Waals surface area contributed by atoms with Crippen LogP contribution in [0, 0.1) is 6.92 Å². The molecule has 0 saturated carbocycles. The third-order valence-corrected chi connectivity index (χ3v) is 6.20. The van der Waals surface area contributed by atoms with Crippen LogP contribution in [0.5, 0.6) is 0 Å². The quantitative estimate of drug-likeness (QED) is 0.712. The normalized spacial score (nSPS) is 17.5. The number of nitrogens with one attached hydrogen (secondary N) is 1. The topological polar surface area (TPSA) is 86.8 Å². The van der Waals surface area contributed by atoms with Crippen LogP contribution >= 0.6 is 11.3 Å². The van der Waals surface area contributed by atoms with E-state index in [4.69, 9.17) is 5.73 Å². The van der Waals surface area contributed by atoms with Crippen molar-refractivity contribution in [3.63, 3.8) is 0 Å². The van der Waals surface area contributed by atoms with Gasteiger partial charge in [0.05, 0.1) is 17.6 Å². The second-order valence-corrected chi connectivity index (χ2v) is 8.28. The summed E-state index contributed by atoms with van der Waals surface area (Å²) >= 11 is 1.27. The molecule has 154 valence electrons. The third-order valence-electron chi connectivity index (χ3n) is 5.00. The van der Waals surface area contributed by atoms with Crippen molar-refractivity contribution in [2.45, 2.75) is 26.3 Å². The summed E-state index contributed by atoms with van der Waals surface area (Å²) in [6.07, 6.45) is 4.35. The predicted molar refractivity (Wildman–Crippen MR) is 122 cm³/mol. The van der Waals surface area contributed by atoms with Crippen LogP contribution in [0.15, 0.2) is 35.5 Å². The van der Waals surface area contributed by atoms with E-state index in [1.807, 2.05) is 26.0 Å². The molecule has 2 aromatic rings. The Bertz CT molecular complexity index is 916. The Hall–Kier alpha value is -2.71. The molecule has 0 bridgehead atoms. The van der Waals surface area contributed by atoms with Gasteiger partial charge in [-0.1, -0.05) is 0 Å². The molecule has 3 rings (SSSR count). The van der Waals surface area contributed by atoms with Gasteiger partial charge in [-0.3, -0.25) is 9.79 Å². The van der Waals surface area contributed by atoms with Gasteiger partial charge in [0.15, 0.2) is 0 Å². The Kier molecular flexibility index (Phi) is 6.66. The first kappa shape index (κ1) is 21.0. The summed E-state index contributed by atoms with van der Waals surface area (Å²) in [5.74, 6) is -0.181. The van der Waals surface area contributed by atoms with Crippen molar-refractivity contribution < 1.29 is 4.79 Å². The Labute approximate surface area is 175 Å². The summed E-state index contributed by atoms with van der Waals surface area (Å²) in [4.78, 5) is 26.3. The second kappa shape index (κ2) is 9.19. The number of carbonyl (C=O) groups is 1. The molecular weight excluding hydrogens is 384 g/mol. The Morgan fingerprint density at radius 1 is 1.38 bits per heavy atom. The van der Waals surface area contributed by atoms with Crippen molar-refractivity contribution in [1.82, 2.24) is 9.88 Å². The number of rotatable bonds is 6. The number of anilines is 2. The van der Waals surface area contributed by atoms with Crippen molar-refractivity contribution in [3.05, 3.63) is 46.0 Å². The molecule has 1 fully saturated rings. The highest BCUT2D eigenvalue weighted by atomic mass is 32.1. The van der Waals surface area contributed by atoms with Gasteiger partial charge in [0.25, 0.3) is 5.91 Å². The Morgan fingerprint density at radius 3 is 2.72 bits per heavy atom. The van der Waals surface area contributed by atoms with Gasteiger partial charge in [-0.25, -0.2) is 4.98 Å². The standard InChI is InChI=1S/C21H28N6OS/c1-5-23-12-18(22)21-24-14(2)19(29-21)20(28)25-15-6-8-16(9-7-15)27-11-10-17(13-27)26(3)4/h5-9,12,17H,10-11,13,22H2,1-4H3,(H,25,28)/b18-12-,23-5?. The van der Waals surface area contributed by atoms with E-state index >= 15 is 0 Å². The number of nitrogens with two attached hydrogens (primary N) is 1. The maximum atomic E-state index is 12.7. The molecule has 1 atom stereocenters. The lowest BCUT2D eigenvalue weighted by Gasteiger charge is -2.22. The molecule has 0 spiro atoms. The SMILES string of the molecule is CC=N/C=C(\N)c1nc(C)c(C(=O)Nc2ccc(N3CCC(N(C)C)C3)cc2)s1. The maximum Gasteiger partial charge on any atom is 0.267 e. The minimum atomic E-state index is -0.181. The van der Waals surface area contributed by atoms with Crippen molar-refractivity contribution >= 4 is 40.5 Å². The van der Waals surface area contributed by atoms with E-state index in [-0.39, 0.29) is 5.91 Å². The van der Waals surface area contributed by atoms with E-state index in [1.165, 1.54) is 29.6 Å². The van der Waals surface area contributed by atoms with Gasteiger partial charge >= 0.3 is 0 Å². The number of carbonyl (C=O) groups excluding carboxylic acids is 1. The zero-order chi connectivity index (χ0) is 21.0. The van der Waals surface area contributed by atoms with Gasteiger partial charge < -0.3 is 20.9 Å². The van der Waals surface area contributed by atoms with Crippen molar-refractivity contribution in [2.24, 2.45) is 10.7 Å². The number of amides is 1. The van der Waals surface area contributed by atoms with E-state index in [1.54, 1.807) is 6.21 Å². The van der Waals surface area contributed by atoms with Crippen LogP contribution in [-0.4, -0.2) is 55.2 Å². The summed E-state index contributed by atoms with van der Waals surface area (Å²) in [5.41, 5.74) is 9.02. The fourth-order valence-electron chi connectivity index (χ4n) is 3.28. The molecule has 2 heterocycles. The number of thiazole rings is 1. The number of aromatic nitrogens is 1. The molecule has 8 heteroatoms. The molecule has 1 aliphatic heterocycles. The molecule has 29 heavy (non-hydrogen) atoms. The minimum Gasteiger partial charge on any atom is -0.395 e. The van der Waals surface area contributed by atoms with Crippen LogP contribution in [0.2, 0.25) is 0 Å². The van der Waals surface area contributed by atoms with E-state index in [0.717, 1.165) is 18.8 Å². The van der Waals surface area contributed by atoms with E-state index < -0.39 is 0 Å². The number of benzene rings is 1. The average molecular weight is 413 g/mol. The Balaban J connectivity index is 1.66. The fraction of sp³-hybridized carbons (Fsp3) is 0.381. The molecule has 1 amide bonds. The van der Waals surface area contributed by atoms with Crippen LogP contribution in [-0.2, 0) is 0 Å². The molecule has 1 unspecified atom stereocenters. The lowest BCUT2D eigenvalue weighted by molar-refractivity contribution is 0.103. The molecule has 1 aliphatic rings. The fourth-order valence-corrected chi connectivity index (χ4v) is 4.17. The van der Waals surface area contributed by atoms with E-state index in [2.05, 4.69) is 51.3 Å². The highest BCUT2D eigenvalue weighted by molar-refractivity contribution is 7.15. The number of aryl methyl sites for hydroxylation is 1. The lowest BCUT2D eigenvalue weighted by atomic mass is 10.2. The lowest BCUT2D eigenvalue weighted by Crippen LogP contribution is -2.31. The zero-order valence-electron chi connectivity index (χ0n) is 17.3. The summed E-state index contributed by atoms with van der Waals surface area (Å²) in [6.45, 7) is 5.70. The van der Waals surface area contributed by atoms with E-state index in [9.17, 15) is 4.79 Å². The molecule has 0 radical (unpaired) electrons. The van der Waals surface area contributed by atoms with Crippen LogP contribution in [0.3, 0.4) is 0 Å². The van der Waals surface area contributed by atoms with Crippen LogP contribution in [0.25, 0.3) is 5.70 Å². The molecular formula is C21H28N6OS. The number of hydrogen-bond donors (Lipinski definition) is 2. The number of likely N-dealkylation sites (N-methyl/N-ethyl adjacent to an activating group) is 1. The minimum absolute atomic E-state index is 0.181. The molecule has 3 N–H and O–H groups in total. The van der Waals surface area contributed by atoms with Gasteiger partial charge in [0.2, 0.25) is 0 Å². The van der Waals surface area contributed by atoms with Crippen LogP contribution in [0.1, 0.15) is 33.7 Å². The summed E-state index contributed by atoms with van der Waals surface area (Å²) in [5, 5.41) is 3.55. The number of hydrogen-bond acceptors (Lipinski definition) is 7. The van der Waals surface area contributed by atoms with Gasteiger partial charge in [0.1, 0.15) is 9.88 Å². The first-order valence-corrected chi connectivity index (χ1v) is 10.4. The van der Waals surface area contributed by atoms with Gasteiger partial charge in [0, 0.05) is 36.7 Å². The first-order valence-electron chi connectivity index (χ1n) is 9.63. The monoisotopic (exact) mass is 412 g/mol. The van der Waals surface area contributed by atoms with Gasteiger partial charge in [-0.15, -0.1) is 11.3 Å². The average Bonchev–Trinajstić information content (AvgIpc) is 3.34. The third kappa shape index (κ3) is 5.02. The van der Waals surface area contributed by atoms with Crippen molar-refractivity contribution in [1.29, 1.82) is 0 Å².